The van der Waals surface area contributed by atoms with Gasteiger partial charge in [-0.05, 0) is 43.2 Å². The highest BCUT2D eigenvalue weighted by Gasteiger charge is 2.20. The van der Waals surface area contributed by atoms with Crippen LogP contribution in [-0.2, 0) is 12.8 Å². The second-order valence-electron chi connectivity index (χ2n) is 7.12. The summed E-state index contributed by atoms with van der Waals surface area (Å²) in [5, 5.41) is 0. The van der Waals surface area contributed by atoms with Gasteiger partial charge in [-0.15, -0.1) is 22.7 Å². The average Bonchev–Trinajstić information content (AvgIpc) is 3.05. The van der Waals surface area contributed by atoms with Gasteiger partial charge in [0, 0.05) is 19.2 Å². The van der Waals surface area contributed by atoms with Gasteiger partial charge < -0.3 is 0 Å². The van der Waals surface area contributed by atoms with E-state index in [0.717, 1.165) is 11.8 Å². The zero-order valence-electron chi connectivity index (χ0n) is 14.2. The number of fused-ring (bicyclic) bond motifs is 1. The number of hydrogen-bond donors (Lipinski definition) is 0. The standard InChI is InChI=1S/C20H30S2/c1-3-5-15-7-9-16(10-8-15)11-12-18-14-20-19(22-18)13-17(21-20)6-4-2/h13-16H,3-12H2,1-2H3. The molecule has 2 aromatic heterocycles. The number of hydrogen-bond acceptors (Lipinski definition) is 2. The molecule has 0 aromatic carbocycles. The third-order valence-electron chi connectivity index (χ3n) is 5.27. The molecule has 0 amide bonds. The van der Waals surface area contributed by atoms with Gasteiger partial charge in [-0.3, -0.25) is 0 Å². The van der Waals surface area contributed by atoms with Gasteiger partial charge in [-0.2, -0.15) is 0 Å². The Morgan fingerprint density at radius 1 is 0.773 bits per heavy atom. The van der Waals surface area contributed by atoms with Crippen molar-refractivity contribution in [3.05, 3.63) is 21.9 Å². The molecular formula is C20H30S2. The lowest BCUT2D eigenvalue weighted by Gasteiger charge is -2.28. The Balaban J connectivity index is 1.48. The molecule has 1 aliphatic carbocycles. The van der Waals surface area contributed by atoms with Crippen molar-refractivity contribution in [2.24, 2.45) is 11.8 Å². The molecule has 0 aliphatic heterocycles. The summed E-state index contributed by atoms with van der Waals surface area (Å²) in [5.41, 5.74) is 0. The van der Waals surface area contributed by atoms with Gasteiger partial charge >= 0.3 is 0 Å². The predicted molar refractivity (Wildman–Crippen MR) is 102 cm³/mol. The quantitative estimate of drug-likeness (QED) is 0.493. The van der Waals surface area contributed by atoms with Crippen molar-refractivity contribution in [3.8, 4) is 0 Å². The Morgan fingerprint density at radius 3 is 1.86 bits per heavy atom. The van der Waals surface area contributed by atoms with Gasteiger partial charge in [0.15, 0.2) is 0 Å². The minimum atomic E-state index is 1.00. The van der Waals surface area contributed by atoms with Crippen LogP contribution in [0.5, 0.6) is 0 Å². The van der Waals surface area contributed by atoms with Gasteiger partial charge in [0.1, 0.15) is 0 Å². The van der Waals surface area contributed by atoms with Crippen LogP contribution in [0, 0.1) is 11.8 Å². The predicted octanol–water partition coefficient (Wildman–Crippen LogP) is 7.45. The first-order chi connectivity index (χ1) is 10.8. The molecule has 0 saturated heterocycles. The van der Waals surface area contributed by atoms with Gasteiger partial charge in [0.25, 0.3) is 0 Å². The molecule has 0 unspecified atom stereocenters. The summed E-state index contributed by atoms with van der Waals surface area (Å²) in [6.45, 7) is 4.61. The highest BCUT2D eigenvalue weighted by molar-refractivity contribution is 7.27. The van der Waals surface area contributed by atoms with E-state index in [1.54, 1.807) is 9.75 Å². The lowest BCUT2D eigenvalue weighted by atomic mass is 9.78. The highest BCUT2D eigenvalue weighted by atomic mass is 32.1. The SMILES string of the molecule is CCCc1cc2sc(CCC3CCC(CCC)CC3)cc2s1. The van der Waals surface area contributed by atoms with E-state index >= 15 is 0 Å². The van der Waals surface area contributed by atoms with Crippen molar-refractivity contribution in [2.45, 2.75) is 78.1 Å². The van der Waals surface area contributed by atoms with Crippen molar-refractivity contribution in [1.82, 2.24) is 0 Å². The van der Waals surface area contributed by atoms with Gasteiger partial charge in [0.2, 0.25) is 0 Å². The maximum Gasteiger partial charge on any atom is 0.0456 e. The third kappa shape index (κ3) is 4.14. The van der Waals surface area contributed by atoms with Crippen molar-refractivity contribution in [2.75, 3.05) is 0 Å². The summed E-state index contributed by atoms with van der Waals surface area (Å²) >= 11 is 4.07. The van der Waals surface area contributed by atoms with E-state index in [-0.39, 0.29) is 0 Å². The Hall–Kier alpha value is -0.340. The Morgan fingerprint density at radius 2 is 1.32 bits per heavy atom. The fourth-order valence-electron chi connectivity index (χ4n) is 3.99. The lowest BCUT2D eigenvalue weighted by Crippen LogP contribution is -2.14. The highest BCUT2D eigenvalue weighted by Crippen LogP contribution is 2.37. The van der Waals surface area contributed by atoms with E-state index in [9.17, 15) is 0 Å². The topological polar surface area (TPSA) is 0 Å². The molecule has 2 heterocycles. The molecule has 0 N–H and O–H groups in total. The molecule has 0 atom stereocenters. The third-order valence-corrected chi connectivity index (χ3v) is 7.68. The molecule has 2 heteroatoms. The number of rotatable bonds is 7. The lowest BCUT2D eigenvalue weighted by molar-refractivity contribution is 0.252. The molecule has 1 saturated carbocycles. The van der Waals surface area contributed by atoms with Crippen LogP contribution in [0.4, 0.5) is 0 Å². The van der Waals surface area contributed by atoms with Crippen molar-refractivity contribution in [1.29, 1.82) is 0 Å². The maximum absolute atomic E-state index is 2.48. The van der Waals surface area contributed by atoms with Crippen molar-refractivity contribution < 1.29 is 0 Å². The Labute approximate surface area is 143 Å². The summed E-state index contributed by atoms with van der Waals surface area (Å²) in [7, 11) is 0. The van der Waals surface area contributed by atoms with Gasteiger partial charge in [-0.1, -0.05) is 58.8 Å². The normalized spacial score (nSPS) is 22.5. The molecule has 1 aliphatic rings. The summed E-state index contributed by atoms with van der Waals surface area (Å²) in [6.07, 6.45) is 14.1. The average molecular weight is 335 g/mol. The first kappa shape index (κ1) is 16.5. The van der Waals surface area contributed by atoms with Crippen LogP contribution in [0.3, 0.4) is 0 Å². The molecule has 22 heavy (non-hydrogen) atoms. The maximum atomic E-state index is 2.48. The molecule has 2 aromatic rings. The molecule has 0 spiro atoms. The summed E-state index contributed by atoms with van der Waals surface area (Å²) in [5.74, 6) is 2.05. The molecule has 0 radical (unpaired) electrons. The van der Waals surface area contributed by atoms with Crippen LogP contribution < -0.4 is 0 Å². The van der Waals surface area contributed by atoms with E-state index in [2.05, 4.69) is 37.3 Å². The van der Waals surface area contributed by atoms with Crippen LogP contribution in [0.25, 0.3) is 9.40 Å². The molecule has 0 bridgehead atoms. The summed E-state index contributed by atoms with van der Waals surface area (Å²) in [4.78, 5) is 3.20. The molecule has 1 fully saturated rings. The van der Waals surface area contributed by atoms with Crippen LogP contribution in [-0.4, -0.2) is 0 Å². The van der Waals surface area contributed by atoms with E-state index in [0.29, 0.717) is 0 Å². The van der Waals surface area contributed by atoms with Gasteiger partial charge in [0.05, 0.1) is 0 Å². The number of thiophene rings is 2. The van der Waals surface area contributed by atoms with Gasteiger partial charge in [-0.25, -0.2) is 0 Å². The zero-order valence-corrected chi connectivity index (χ0v) is 15.8. The van der Waals surface area contributed by atoms with Crippen LogP contribution in [0.1, 0.15) is 75.0 Å². The monoisotopic (exact) mass is 334 g/mol. The van der Waals surface area contributed by atoms with Crippen LogP contribution >= 0.6 is 22.7 Å². The summed E-state index contributed by atoms with van der Waals surface area (Å²) < 4.78 is 3.07. The second-order valence-corrected chi connectivity index (χ2v) is 9.45. The van der Waals surface area contributed by atoms with E-state index < -0.39 is 0 Å². The largest absolute Gasteiger partial charge is 0.139 e. The minimum Gasteiger partial charge on any atom is -0.139 e. The summed E-state index contributed by atoms with van der Waals surface area (Å²) in [6, 6.07) is 4.92. The van der Waals surface area contributed by atoms with Crippen LogP contribution in [0.2, 0.25) is 0 Å². The Bertz CT molecular complexity index is 538. The fraction of sp³-hybridized carbons (Fsp3) is 0.700. The fourth-order valence-corrected chi connectivity index (χ4v) is 6.56. The second kappa shape index (κ2) is 7.97. The first-order valence-corrected chi connectivity index (χ1v) is 10.9. The van der Waals surface area contributed by atoms with E-state index in [4.69, 9.17) is 0 Å². The Kier molecular flexibility index (Phi) is 5.98. The van der Waals surface area contributed by atoms with E-state index in [1.807, 2.05) is 11.3 Å². The first-order valence-electron chi connectivity index (χ1n) is 9.29. The molecule has 122 valence electrons. The van der Waals surface area contributed by atoms with Crippen molar-refractivity contribution >= 4 is 32.1 Å². The van der Waals surface area contributed by atoms with Crippen LogP contribution in [0.15, 0.2) is 12.1 Å². The molecule has 0 nitrogen and oxygen atoms in total. The smallest absolute Gasteiger partial charge is 0.0456 e. The van der Waals surface area contributed by atoms with Crippen molar-refractivity contribution in [3.63, 3.8) is 0 Å². The van der Waals surface area contributed by atoms with E-state index in [1.165, 1.54) is 73.6 Å². The zero-order chi connectivity index (χ0) is 15.4. The minimum absolute atomic E-state index is 1.00. The molecule has 3 rings (SSSR count). The number of aryl methyl sites for hydroxylation is 2. The molecular weight excluding hydrogens is 304 g/mol.